The molecule has 0 unspecified atom stereocenters. The number of hydrogen-bond donors (Lipinski definition) is 0. The van der Waals surface area contributed by atoms with Crippen LogP contribution in [0.3, 0.4) is 0 Å². The van der Waals surface area contributed by atoms with Gasteiger partial charge in [0.1, 0.15) is 0 Å². The van der Waals surface area contributed by atoms with Crippen LogP contribution < -0.4 is 0 Å². The molecular formula is C9H9. The van der Waals surface area contributed by atoms with Gasteiger partial charge in [-0.25, -0.2) is 0 Å². The second-order valence-electron chi connectivity index (χ2n) is 2.44. The first-order valence-corrected chi connectivity index (χ1v) is 3.38. The van der Waals surface area contributed by atoms with Crippen LogP contribution in [0.5, 0.6) is 0 Å². The number of aryl methyl sites for hydroxylation is 1. The second-order valence-corrected chi connectivity index (χ2v) is 2.44. The van der Waals surface area contributed by atoms with Crippen molar-refractivity contribution in [1.82, 2.24) is 0 Å². The molecule has 0 atom stereocenters. The van der Waals surface area contributed by atoms with Crippen molar-refractivity contribution in [2.75, 3.05) is 0 Å². The third kappa shape index (κ3) is 0.748. The number of benzene rings is 1. The van der Waals surface area contributed by atoms with Crippen molar-refractivity contribution in [1.29, 1.82) is 0 Å². The van der Waals surface area contributed by atoms with E-state index in [1.54, 1.807) is 0 Å². The van der Waals surface area contributed by atoms with Gasteiger partial charge in [0.15, 0.2) is 0 Å². The minimum absolute atomic E-state index is 1.24. The molecule has 1 radical (unpaired) electrons. The molecule has 0 aromatic heterocycles. The number of fused-ring (bicyclic) bond motifs is 1. The van der Waals surface area contributed by atoms with Crippen LogP contribution in [0.15, 0.2) is 24.3 Å². The molecule has 2 rings (SSSR count). The lowest BCUT2D eigenvalue weighted by Gasteiger charge is -1.92. The highest BCUT2D eigenvalue weighted by molar-refractivity contribution is 5.37. The summed E-state index contributed by atoms with van der Waals surface area (Å²) in [6.07, 6.45) is 4.78. The zero-order valence-corrected chi connectivity index (χ0v) is 5.30. The maximum Gasteiger partial charge on any atom is -0.00870 e. The summed E-state index contributed by atoms with van der Waals surface area (Å²) in [5.41, 5.74) is 2.95. The molecule has 0 amide bonds. The minimum atomic E-state index is 1.24. The predicted octanol–water partition coefficient (Wildman–Crippen LogP) is 2.19. The molecule has 0 spiro atoms. The quantitative estimate of drug-likeness (QED) is 0.488. The fourth-order valence-corrected chi connectivity index (χ4v) is 1.34. The molecule has 9 heavy (non-hydrogen) atoms. The average Bonchev–Trinajstić information content (AvgIpc) is 2.33. The van der Waals surface area contributed by atoms with Crippen LogP contribution in [0.4, 0.5) is 0 Å². The van der Waals surface area contributed by atoms with Crippen LogP contribution in [0.1, 0.15) is 17.5 Å². The standard InChI is InChI=1S/C9H9/c1-2-5-9-7-3-6-8(9)4-1/h1-2,4-6H,3,7H2. The SMILES string of the molecule is [CH]1CCc2ccccc21. The van der Waals surface area contributed by atoms with Gasteiger partial charge in [0.05, 0.1) is 0 Å². The average molecular weight is 117 g/mol. The molecule has 45 valence electrons. The Balaban J connectivity index is 2.54. The van der Waals surface area contributed by atoms with E-state index in [2.05, 4.69) is 30.7 Å². The molecule has 1 aromatic carbocycles. The van der Waals surface area contributed by atoms with Gasteiger partial charge in [-0.05, 0) is 30.4 Å². The van der Waals surface area contributed by atoms with Gasteiger partial charge in [0, 0.05) is 0 Å². The molecule has 1 aromatic rings. The van der Waals surface area contributed by atoms with Gasteiger partial charge in [-0.1, -0.05) is 24.3 Å². The molecule has 0 heterocycles. The lowest BCUT2D eigenvalue weighted by molar-refractivity contribution is 1.03. The van der Waals surface area contributed by atoms with Gasteiger partial charge >= 0.3 is 0 Å². The van der Waals surface area contributed by atoms with E-state index in [-0.39, 0.29) is 0 Å². The molecule has 1 aliphatic rings. The van der Waals surface area contributed by atoms with Crippen LogP contribution >= 0.6 is 0 Å². The summed E-state index contributed by atoms with van der Waals surface area (Å²) < 4.78 is 0. The molecule has 0 heteroatoms. The normalized spacial score (nSPS) is 15.6. The third-order valence-corrected chi connectivity index (χ3v) is 1.83. The lowest BCUT2D eigenvalue weighted by atomic mass is 10.1. The van der Waals surface area contributed by atoms with Gasteiger partial charge in [-0.15, -0.1) is 0 Å². The van der Waals surface area contributed by atoms with E-state index in [1.807, 2.05) is 0 Å². The highest BCUT2D eigenvalue weighted by Crippen LogP contribution is 2.21. The number of hydrogen-bond acceptors (Lipinski definition) is 0. The summed E-state index contributed by atoms with van der Waals surface area (Å²) in [5, 5.41) is 0. The maximum atomic E-state index is 2.30. The van der Waals surface area contributed by atoms with Crippen LogP contribution in [-0.4, -0.2) is 0 Å². The maximum absolute atomic E-state index is 2.30. The van der Waals surface area contributed by atoms with Crippen molar-refractivity contribution in [3.8, 4) is 0 Å². The fraction of sp³-hybridized carbons (Fsp3) is 0.222. The molecule has 0 N–H and O–H groups in total. The number of rotatable bonds is 0. The summed E-state index contributed by atoms with van der Waals surface area (Å²) >= 11 is 0. The van der Waals surface area contributed by atoms with Crippen molar-refractivity contribution in [3.05, 3.63) is 41.8 Å². The Morgan fingerprint density at radius 2 is 2.00 bits per heavy atom. The summed E-state index contributed by atoms with van der Waals surface area (Å²) in [7, 11) is 0. The molecule has 0 aliphatic heterocycles. The van der Waals surface area contributed by atoms with E-state index in [4.69, 9.17) is 0 Å². The highest BCUT2D eigenvalue weighted by atomic mass is 14.1. The zero-order valence-electron chi connectivity index (χ0n) is 5.30. The predicted molar refractivity (Wildman–Crippen MR) is 38.2 cm³/mol. The summed E-state index contributed by atoms with van der Waals surface area (Å²) in [4.78, 5) is 0. The Morgan fingerprint density at radius 1 is 1.11 bits per heavy atom. The van der Waals surface area contributed by atoms with Gasteiger partial charge in [0.25, 0.3) is 0 Å². The first kappa shape index (κ1) is 5.04. The van der Waals surface area contributed by atoms with Crippen LogP contribution in [0.25, 0.3) is 0 Å². The van der Waals surface area contributed by atoms with Crippen molar-refractivity contribution in [2.45, 2.75) is 12.8 Å². The van der Waals surface area contributed by atoms with Crippen LogP contribution in [0, 0.1) is 6.42 Å². The molecule has 0 bridgehead atoms. The Morgan fingerprint density at radius 3 is 2.89 bits per heavy atom. The Kier molecular flexibility index (Phi) is 1.05. The fourth-order valence-electron chi connectivity index (χ4n) is 1.34. The molecular weight excluding hydrogens is 108 g/mol. The van der Waals surface area contributed by atoms with Crippen molar-refractivity contribution < 1.29 is 0 Å². The van der Waals surface area contributed by atoms with E-state index in [0.29, 0.717) is 0 Å². The summed E-state index contributed by atoms with van der Waals surface area (Å²) in [6.45, 7) is 0. The van der Waals surface area contributed by atoms with Gasteiger partial charge in [-0.2, -0.15) is 0 Å². The lowest BCUT2D eigenvalue weighted by Crippen LogP contribution is -1.76. The van der Waals surface area contributed by atoms with Gasteiger partial charge < -0.3 is 0 Å². The molecule has 0 nitrogen and oxygen atoms in total. The van der Waals surface area contributed by atoms with E-state index in [0.717, 1.165) is 0 Å². The zero-order chi connectivity index (χ0) is 6.10. The largest absolute Gasteiger partial charge is 0.0620 e. The van der Waals surface area contributed by atoms with E-state index in [9.17, 15) is 0 Å². The Labute approximate surface area is 55.5 Å². The molecule has 0 saturated heterocycles. The highest BCUT2D eigenvalue weighted by Gasteiger charge is 2.07. The van der Waals surface area contributed by atoms with Crippen molar-refractivity contribution in [2.24, 2.45) is 0 Å². The summed E-state index contributed by atoms with van der Waals surface area (Å²) in [6, 6.07) is 8.60. The van der Waals surface area contributed by atoms with Crippen molar-refractivity contribution in [3.63, 3.8) is 0 Å². The van der Waals surface area contributed by atoms with E-state index < -0.39 is 0 Å². The molecule has 0 saturated carbocycles. The van der Waals surface area contributed by atoms with Gasteiger partial charge in [-0.3, -0.25) is 0 Å². The Hall–Kier alpha value is -0.780. The second kappa shape index (κ2) is 1.87. The first-order chi connectivity index (χ1) is 4.47. The topological polar surface area (TPSA) is 0 Å². The Bertz CT molecular complexity index is 190. The molecule has 1 aliphatic carbocycles. The van der Waals surface area contributed by atoms with E-state index in [1.165, 1.54) is 24.0 Å². The van der Waals surface area contributed by atoms with Gasteiger partial charge in [0.2, 0.25) is 0 Å². The third-order valence-electron chi connectivity index (χ3n) is 1.83. The monoisotopic (exact) mass is 117 g/mol. The minimum Gasteiger partial charge on any atom is -0.0620 e. The smallest absolute Gasteiger partial charge is 0.00870 e. The van der Waals surface area contributed by atoms with Crippen LogP contribution in [0.2, 0.25) is 0 Å². The van der Waals surface area contributed by atoms with Crippen molar-refractivity contribution >= 4 is 0 Å². The summed E-state index contributed by atoms with van der Waals surface area (Å²) in [5.74, 6) is 0. The first-order valence-electron chi connectivity index (χ1n) is 3.38. The molecule has 0 fully saturated rings. The van der Waals surface area contributed by atoms with Crippen LogP contribution in [-0.2, 0) is 6.42 Å². The van der Waals surface area contributed by atoms with E-state index >= 15 is 0 Å².